The van der Waals surface area contributed by atoms with Gasteiger partial charge in [0.15, 0.2) is 11.5 Å². The Balaban J connectivity index is 1.81. The molecule has 3 rings (SSSR count). The molecule has 6 nitrogen and oxygen atoms in total. The minimum absolute atomic E-state index is 0.0186. The maximum Gasteiger partial charge on any atom is 0.273 e. The van der Waals surface area contributed by atoms with Crippen LogP contribution in [-0.2, 0) is 0 Å². The van der Waals surface area contributed by atoms with E-state index in [4.69, 9.17) is 4.52 Å². The number of nitrogens with one attached hydrogen (secondary N) is 1. The first-order valence-electron chi connectivity index (χ1n) is 8.69. The largest absolute Gasteiger partial charge is 0.358 e. The third-order valence-electron chi connectivity index (χ3n) is 4.29. The molecular formula is C19H23N3O3. The minimum atomic E-state index is -0.262. The molecule has 0 spiro atoms. The molecule has 132 valence electrons. The highest BCUT2D eigenvalue weighted by Crippen LogP contribution is 2.32. The van der Waals surface area contributed by atoms with Gasteiger partial charge in [-0.1, -0.05) is 23.4 Å². The van der Waals surface area contributed by atoms with Crippen molar-refractivity contribution in [1.29, 1.82) is 0 Å². The highest BCUT2D eigenvalue weighted by molar-refractivity contribution is 5.94. The predicted molar refractivity (Wildman–Crippen MR) is 93.2 cm³/mol. The summed E-state index contributed by atoms with van der Waals surface area (Å²) >= 11 is 0. The molecule has 2 heterocycles. The lowest BCUT2D eigenvalue weighted by Gasteiger charge is -2.34. The quantitative estimate of drug-likeness (QED) is 0.927. The van der Waals surface area contributed by atoms with Crippen molar-refractivity contribution in [3.63, 3.8) is 0 Å². The fourth-order valence-corrected chi connectivity index (χ4v) is 3.11. The van der Waals surface area contributed by atoms with E-state index in [-0.39, 0.29) is 29.6 Å². The van der Waals surface area contributed by atoms with Crippen LogP contribution >= 0.6 is 0 Å². The number of amides is 2. The van der Waals surface area contributed by atoms with E-state index < -0.39 is 0 Å². The Bertz CT molecular complexity index is 739. The second-order valence-electron chi connectivity index (χ2n) is 6.62. The molecule has 2 aromatic rings. The summed E-state index contributed by atoms with van der Waals surface area (Å²) in [7, 11) is 0. The van der Waals surface area contributed by atoms with Crippen LogP contribution in [0.2, 0.25) is 0 Å². The molecule has 0 aliphatic carbocycles. The molecule has 1 unspecified atom stereocenters. The minimum Gasteiger partial charge on any atom is -0.358 e. The lowest BCUT2D eigenvalue weighted by molar-refractivity contribution is 0.0569. The Morgan fingerprint density at radius 2 is 2.00 bits per heavy atom. The summed E-state index contributed by atoms with van der Waals surface area (Å²) in [5, 5.41) is 6.68. The van der Waals surface area contributed by atoms with Gasteiger partial charge >= 0.3 is 0 Å². The van der Waals surface area contributed by atoms with E-state index in [0.29, 0.717) is 17.9 Å². The van der Waals surface area contributed by atoms with E-state index in [1.165, 1.54) is 0 Å². The standard InChI is InChI=1S/C19H23N3O3/c1-13(2)20-18(23)15-12-17(25-21-15)16-10-6-7-11-22(16)19(24)14-8-4-3-5-9-14/h3-5,8-9,12-13,16H,6-7,10-11H2,1-2H3,(H,20,23). The lowest BCUT2D eigenvalue weighted by Crippen LogP contribution is -2.38. The van der Waals surface area contributed by atoms with E-state index in [2.05, 4.69) is 10.5 Å². The third kappa shape index (κ3) is 3.90. The number of hydrogen-bond donors (Lipinski definition) is 1. The normalized spacial score (nSPS) is 17.6. The molecule has 0 radical (unpaired) electrons. The van der Waals surface area contributed by atoms with Crippen LogP contribution in [0.25, 0.3) is 0 Å². The zero-order valence-electron chi connectivity index (χ0n) is 14.6. The molecule has 1 aromatic heterocycles. The van der Waals surface area contributed by atoms with Crippen LogP contribution in [-0.4, -0.2) is 34.5 Å². The van der Waals surface area contributed by atoms with Gasteiger partial charge in [0.1, 0.15) is 0 Å². The Kier molecular flexibility index (Phi) is 5.16. The first-order valence-corrected chi connectivity index (χ1v) is 8.69. The lowest BCUT2D eigenvalue weighted by atomic mass is 9.98. The van der Waals surface area contributed by atoms with Crippen LogP contribution in [0.1, 0.15) is 65.8 Å². The molecule has 1 aliphatic heterocycles. The van der Waals surface area contributed by atoms with Crippen molar-refractivity contribution in [1.82, 2.24) is 15.4 Å². The van der Waals surface area contributed by atoms with Crippen molar-refractivity contribution >= 4 is 11.8 Å². The van der Waals surface area contributed by atoms with Gasteiger partial charge in [0.2, 0.25) is 0 Å². The van der Waals surface area contributed by atoms with Gasteiger partial charge in [0, 0.05) is 24.2 Å². The maximum atomic E-state index is 12.9. The summed E-state index contributed by atoms with van der Waals surface area (Å²) in [6, 6.07) is 10.7. The molecule has 6 heteroatoms. The molecular weight excluding hydrogens is 318 g/mol. The number of hydrogen-bond acceptors (Lipinski definition) is 4. The molecule has 1 N–H and O–H groups in total. The predicted octanol–water partition coefficient (Wildman–Crippen LogP) is 3.18. The van der Waals surface area contributed by atoms with E-state index >= 15 is 0 Å². The number of nitrogens with zero attached hydrogens (tertiary/aromatic N) is 2. The van der Waals surface area contributed by atoms with E-state index in [0.717, 1.165) is 19.3 Å². The fraction of sp³-hybridized carbons (Fsp3) is 0.421. The number of rotatable bonds is 4. The highest BCUT2D eigenvalue weighted by Gasteiger charge is 2.32. The zero-order chi connectivity index (χ0) is 17.8. The average Bonchev–Trinajstić information content (AvgIpc) is 3.11. The average molecular weight is 341 g/mol. The SMILES string of the molecule is CC(C)NC(=O)c1cc(C2CCCCN2C(=O)c2ccccc2)on1. The van der Waals surface area contributed by atoms with Gasteiger partial charge in [0.05, 0.1) is 6.04 Å². The summed E-state index contributed by atoms with van der Waals surface area (Å²) in [4.78, 5) is 26.8. The second kappa shape index (κ2) is 7.51. The first kappa shape index (κ1) is 17.2. The number of carbonyl (C=O) groups is 2. The summed E-state index contributed by atoms with van der Waals surface area (Å²) in [6.45, 7) is 4.45. The van der Waals surface area contributed by atoms with E-state index in [1.807, 2.05) is 49.1 Å². The van der Waals surface area contributed by atoms with Gasteiger partial charge in [-0.05, 0) is 45.2 Å². The van der Waals surface area contributed by atoms with Crippen molar-refractivity contribution in [2.24, 2.45) is 0 Å². The Morgan fingerprint density at radius 3 is 2.72 bits per heavy atom. The van der Waals surface area contributed by atoms with Crippen LogP contribution in [0.5, 0.6) is 0 Å². The van der Waals surface area contributed by atoms with Gasteiger partial charge in [-0.25, -0.2) is 0 Å². The first-order chi connectivity index (χ1) is 12.1. The molecule has 2 amide bonds. The van der Waals surface area contributed by atoms with Gasteiger partial charge in [0.25, 0.3) is 11.8 Å². The van der Waals surface area contributed by atoms with Crippen molar-refractivity contribution < 1.29 is 14.1 Å². The van der Waals surface area contributed by atoms with Crippen LogP contribution in [0.4, 0.5) is 0 Å². The summed E-state index contributed by atoms with van der Waals surface area (Å²) in [5.74, 6) is 0.287. The van der Waals surface area contributed by atoms with Crippen LogP contribution in [0.15, 0.2) is 40.9 Å². The van der Waals surface area contributed by atoms with Gasteiger partial charge < -0.3 is 14.7 Å². The van der Waals surface area contributed by atoms with Crippen molar-refractivity contribution in [3.05, 3.63) is 53.4 Å². The summed E-state index contributed by atoms with van der Waals surface area (Å²) in [5.41, 5.74) is 0.910. The molecule has 1 fully saturated rings. The molecule has 1 atom stereocenters. The fourth-order valence-electron chi connectivity index (χ4n) is 3.11. The molecule has 1 aromatic carbocycles. The molecule has 0 bridgehead atoms. The number of piperidine rings is 1. The summed E-state index contributed by atoms with van der Waals surface area (Å²) < 4.78 is 5.42. The Hall–Kier alpha value is -2.63. The van der Waals surface area contributed by atoms with Crippen LogP contribution in [0, 0.1) is 0 Å². The van der Waals surface area contributed by atoms with Gasteiger partial charge in [-0.15, -0.1) is 0 Å². The Labute approximate surface area is 147 Å². The molecule has 25 heavy (non-hydrogen) atoms. The maximum absolute atomic E-state index is 12.9. The zero-order valence-corrected chi connectivity index (χ0v) is 14.6. The third-order valence-corrected chi connectivity index (χ3v) is 4.29. The number of benzene rings is 1. The summed E-state index contributed by atoms with van der Waals surface area (Å²) in [6.07, 6.45) is 2.78. The second-order valence-corrected chi connectivity index (χ2v) is 6.62. The highest BCUT2D eigenvalue weighted by atomic mass is 16.5. The van der Waals surface area contributed by atoms with Crippen LogP contribution < -0.4 is 5.32 Å². The number of likely N-dealkylation sites (tertiary alicyclic amines) is 1. The number of aromatic nitrogens is 1. The molecule has 0 saturated carbocycles. The Morgan fingerprint density at radius 1 is 1.24 bits per heavy atom. The van der Waals surface area contributed by atoms with E-state index in [9.17, 15) is 9.59 Å². The number of carbonyl (C=O) groups excluding carboxylic acids is 2. The van der Waals surface area contributed by atoms with Crippen molar-refractivity contribution in [2.45, 2.75) is 45.2 Å². The van der Waals surface area contributed by atoms with Crippen LogP contribution in [0.3, 0.4) is 0 Å². The smallest absolute Gasteiger partial charge is 0.273 e. The van der Waals surface area contributed by atoms with Gasteiger partial charge in [-0.3, -0.25) is 9.59 Å². The monoisotopic (exact) mass is 341 g/mol. The molecule has 1 saturated heterocycles. The van der Waals surface area contributed by atoms with Gasteiger partial charge in [-0.2, -0.15) is 0 Å². The molecule has 1 aliphatic rings. The van der Waals surface area contributed by atoms with E-state index in [1.54, 1.807) is 6.07 Å². The van der Waals surface area contributed by atoms with Crippen molar-refractivity contribution in [2.75, 3.05) is 6.54 Å². The van der Waals surface area contributed by atoms with Crippen molar-refractivity contribution in [3.8, 4) is 0 Å². The topological polar surface area (TPSA) is 75.4 Å².